The number of aromatic carboxylic acids is 1. The number of rotatable bonds is 3. The van der Waals surface area contributed by atoms with Crippen LogP contribution in [-0.4, -0.2) is 22.7 Å². The summed E-state index contributed by atoms with van der Waals surface area (Å²) >= 11 is 0. The maximum atomic E-state index is 13.2. The molecule has 6 heteroatoms. The van der Waals surface area contributed by atoms with Crippen LogP contribution in [-0.2, 0) is 0 Å². The van der Waals surface area contributed by atoms with E-state index in [9.17, 15) is 9.18 Å². The Morgan fingerprint density at radius 3 is 3.05 bits per heavy atom. The van der Waals surface area contributed by atoms with Crippen molar-refractivity contribution >= 4 is 11.8 Å². The Morgan fingerprint density at radius 1 is 1.43 bits per heavy atom. The second-order valence-corrected chi connectivity index (χ2v) is 4.73. The number of fused-ring (bicyclic) bond motifs is 1. The lowest BCUT2D eigenvalue weighted by molar-refractivity contribution is 0.0697. The van der Waals surface area contributed by atoms with Crippen molar-refractivity contribution in [3.05, 3.63) is 53.5 Å². The number of carboxylic acid groups (broad SMARTS) is 1. The van der Waals surface area contributed by atoms with Crippen LogP contribution in [0.3, 0.4) is 0 Å². The molecule has 0 amide bonds. The van der Waals surface area contributed by atoms with Crippen molar-refractivity contribution in [2.24, 2.45) is 0 Å². The highest BCUT2D eigenvalue weighted by atomic mass is 19.1. The molecular weight excluding hydrogens is 275 g/mol. The van der Waals surface area contributed by atoms with E-state index in [1.165, 1.54) is 0 Å². The van der Waals surface area contributed by atoms with Gasteiger partial charge in [-0.2, -0.15) is 0 Å². The lowest BCUT2D eigenvalue weighted by Gasteiger charge is -2.27. The number of ether oxygens (including phenoxy) is 1. The highest BCUT2D eigenvalue weighted by Crippen LogP contribution is 2.34. The fourth-order valence-corrected chi connectivity index (χ4v) is 2.37. The van der Waals surface area contributed by atoms with E-state index in [1.807, 2.05) is 24.3 Å². The van der Waals surface area contributed by atoms with Gasteiger partial charge in [0, 0.05) is 12.0 Å². The van der Waals surface area contributed by atoms with Gasteiger partial charge in [0.25, 0.3) is 0 Å². The van der Waals surface area contributed by atoms with Crippen molar-refractivity contribution in [2.45, 2.75) is 12.5 Å². The number of benzene rings is 1. The number of para-hydroxylation sites is 1. The van der Waals surface area contributed by atoms with Gasteiger partial charge in [0.2, 0.25) is 0 Å². The summed E-state index contributed by atoms with van der Waals surface area (Å²) in [5.74, 6) is -0.971. The van der Waals surface area contributed by atoms with Crippen LogP contribution in [0, 0.1) is 5.82 Å². The lowest BCUT2D eigenvalue weighted by atomic mass is 10.0. The zero-order valence-electron chi connectivity index (χ0n) is 11.0. The molecule has 0 saturated heterocycles. The zero-order valence-corrected chi connectivity index (χ0v) is 11.0. The van der Waals surface area contributed by atoms with E-state index in [0.717, 1.165) is 23.6 Å². The van der Waals surface area contributed by atoms with E-state index in [0.29, 0.717) is 13.0 Å². The first kappa shape index (κ1) is 13.4. The molecule has 0 fully saturated rings. The standard InChI is InChI=1S/C15H13FN2O3/c16-9-7-11(15(19)20)14(17-8-9)18-12-5-6-21-13-4-2-1-3-10(12)13/h1-4,7-8,12H,5-6H2,(H,17,18)(H,19,20). The van der Waals surface area contributed by atoms with Crippen molar-refractivity contribution in [3.63, 3.8) is 0 Å². The van der Waals surface area contributed by atoms with Gasteiger partial charge < -0.3 is 15.2 Å². The highest BCUT2D eigenvalue weighted by molar-refractivity contribution is 5.93. The summed E-state index contributed by atoms with van der Waals surface area (Å²) in [4.78, 5) is 15.0. The number of pyridine rings is 1. The summed E-state index contributed by atoms with van der Waals surface area (Å²) in [5.41, 5.74) is 0.755. The molecular formula is C15H13FN2O3. The van der Waals surface area contributed by atoms with Gasteiger partial charge in [-0.25, -0.2) is 14.2 Å². The molecule has 108 valence electrons. The topological polar surface area (TPSA) is 71.5 Å². The minimum absolute atomic E-state index is 0.119. The molecule has 2 aromatic rings. The van der Waals surface area contributed by atoms with Crippen LogP contribution < -0.4 is 10.1 Å². The second-order valence-electron chi connectivity index (χ2n) is 4.73. The smallest absolute Gasteiger partial charge is 0.339 e. The monoisotopic (exact) mass is 288 g/mol. The number of aromatic nitrogens is 1. The molecule has 2 N–H and O–H groups in total. The number of hydrogen-bond donors (Lipinski definition) is 2. The summed E-state index contributed by atoms with van der Waals surface area (Å²) in [6.07, 6.45) is 1.68. The van der Waals surface area contributed by atoms with Gasteiger partial charge in [-0.05, 0) is 12.1 Å². The van der Waals surface area contributed by atoms with E-state index >= 15 is 0 Å². The Labute approximate surface area is 120 Å². The molecule has 5 nitrogen and oxygen atoms in total. The van der Waals surface area contributed by atoms with Crippen LogP contribution in [0.2, 0.25) is 0 Å². The Kier molecular flexibility index (Phi) is 3.43. The average molecular weight is 288 g/mol. The normalized spacial score (nSPS) is 16.7. The Morgan fingerprint density at radius 2 is 2.24 bits per heavy atom. The molecule has 1 aliphatic heterocycles. The summed E-state index contributed by atoms with van der Waals surface area (Å²) in [5, 5.41) is 12.2. The molecule has 1 aromatic carbocycles. The van der Waals surface area contributed by atoms with E-state index in [1.54, 1.807) is 0 Å². The van der Waals surface area contributed by atoms with Crippen LogP contribution in [0.4, 0.5) is 10.2 Å². The predicted molar refractivity (Wildman–Crippen MR) is 74.1 cm³/mol. The fraction of sp³-hybridized carbons (Fsp3) is 0.200. The van der Waals surface area contributed by atoms with Crippen LogP contribution in [0.1, 0.15) is 28.4 Å². The third kappa shape index (κ3) is 2.65. The predicted octanol–water partition coefficient (Wildman–Crippen LogP) is 2.85. The van der Waals surface area contributed by atoms with Gasteiger partial charge in [0.15, 0.2) is 0 Å². The van der Waals surface area contributed by atoms with E-state index in [4.69, 9.17) is 9.84 Å². The van der Waals surface area contributed by atoms with Crippen molar-refractivity contribution in [3.8, 4) is 5.75 Å². The molecule has 3 rings (SSSR count). The molecule has 21 heavy (non-hydrogen) atoms. The average Bonchev–Trinajstić information content (AvgIpc) is 2.49. The lowest BCUT2D eigenvalue weighted by Crippen LogP contribution is -2.22. The third-order valence-corrected chi connectivity index (χ3v) is 3.35. The van der Waals surface area contributed by atoms with Crippen molar-refractivity contribution in [1.29, 1.82) is 0 Å². The van der Waals surface area contributed by atoms with Gasteiger partial charge >= 0.3 is 5.97 Å². The molecule has 2 heterocycles. The third-order valence-electron chi connectivity index (χ3n) is 3.35. The zero-order chi connectivity index (χ0) is 14.8. The van der Waals surface area contributed by atoms with Crippen LogP contribution in [0.15, 0.2) is 36.5 Å². The van der Waals surface area contributed by atoms with E-state index in [-0.39, 0.29) is 17.4 Å². The second kappa shape index (κ2) is 5.40. The van der Waals surface area contributed by atoms with Gasteiger partial charge in [-0.3, -0.25) is 0 Å². The first-order valence-corrected chi connectivity index (χ1v) is 6.52. The van der Waals surface area contributed by atoms with Crippen molar-refractivity contribution in [1.82, 2.24) is 4.98 Å². The first-order chi connectivity index (χ1) is 10.1. The number of hydrogen-bond acceptors (Lipinski definition) is 4. The molecule has 1 aliphatic rings. The van der Waals surface area contributed by atoms with E-state index in [2.05, 4.69) is 10.3 Å². The van der Waals surface area contributed by atoms with Crippen LogP contribution in [0.25, 0.3) is 0 Å². The van der Waals surface area contributed by atoms with Crippen molar-refractivity contribution < 1.29 is 19.0 Å². The molecule has 1 atom stereocenters. The van der Waals surface area contributed by atoms with Gasteiger partial charge in [-0.1, -0.05) is 18.2 Å². The Balaban J connectivity index is 1.93. The Hall–Kier alpha value is -2.63. The minimum atomic E-state index is -1.22. The van der Waals surface area contributed by atoms with Gasteiger partial charge in [0.05, 0.1) is 18.8 Å². The maximum Gasteiger partial charge on any atom is 0.339 e. The molecule has 0 saturated carbocycles. The van der Waals surface area contributed by atoms with Crippen LogP contribution in [0.5, 0.6) is 5.75 Å². The Bertz CT molecular complexity index is 690. The summed E-state index contributed by atoms with van der Waals surface area (Å²) in [7, 11) is 0. The summed E-state index contributed by atoms with van der Waals surface area (Å²) in [6, 6.07) is 8.38. The van der Waals surface area contributed by atoms with Crippen molar-refractivity contribution in [2.75, 3.05) is 11.9 Å². The molecule has 0 aliphatic carbocycles. The molecule has 1 unspecified atom stereocenters. The first-order valence-electron chi connectivity index (χ1n) is 6.52. The number of anilines is 1. The molecule has 0 radical (unpaired) electrons. The SMILES string of the molecule is O=C(O)c1cc(F)cnc1NC1CCOc2ccccc21. The van der Waals surface area contributed by atoms with E-state index < -0.39 is 11.8 Å². The fourth-order valence-electron chi connectivity index (χ4n) is 2.37. The molecule has 0 bridgehead atoms. The van der Waals surface area contributed by atoms with Crippen LogP contribution >= 0.6 is 0 Å². The minimum Gasteiger partial charge on any atom is -0.493 e. The van der Waals surface area contributed by atoms with Gasteiger partial charge in [0.1, 0.15) is 22.9 Å². The molecule has 0 spiro atoms. The quantitative estimate of drug-likeness (QED) is 0.908. The molecule has 1 aromatic heterocycles. The number of carbonyl (C=O) groups is 1. The number of halogens is 1. The number of nitrogens with zero attached hydrogens (tertiary/aromatic N) is 1. The summed E-state index contributed by atoms with van der Waals surface area (Å²) < 4.78 is 18.7. The summed E-state index contributed by atoms with van der Waals surface area (Å²) in [6.45, 7) is 0.526. The van der Waals surface area contributed by atoms with Gasteiger partial charge in [-0.15, -0.1) is 0 Å². The largest absolute Gasteiger partial charge is 0.493 e. The number of nitrogens with one attached hydrogen (secondary N) is 1. The highest BCUT2D eigenvalue weighted by Gasteiger charge is 2.23. The maximum absolute atomic E-state index is 13.2. The number of carboxylic acids is 1.